The Balaban J connectivity index is 1.88. The summed E-state index contributed by atoms with van der Waals surface area (Å²) in [5, 5.41) is 3.34. The van der Waals surface area contributed by atoms with Gasteiger partial charge in [0.05, 0.1) is 13.2 Å². The Bertz CT molecular complexity index is 529. The average molecular weight is 350 g/mol. The molecule has 1 aromatic carbocycles. The van der Waals surface area contributed by atoms with Gasteiger partial charge in [-0.2, -0.15) is 0 Å². The molecule has 25 heavy (non-hydrogen) atoms. The van der Waals surface area contributed by atoms with Crippen molar-refractivity contribution in [3.05, 3.63) is 35.6 Å². The van der Waals surface area contributed by atoms with E-state index in [-0.39, 0.29) is 5.82 Å². The van der Waals surface area contributed by atoms with Gasteiger partial charge in [-0.3, -0.25) is 9.89 Å². The highest BCUT2D eigenvalue weighted by atomic mass is 19.1. The lowest BCUT2D eigenvalue weighted by Crippen LogP contribution is -2.40. The molecule has 0 amide bonds. The summed E-state index contributed by atoms with van der Waals surface area (Å²) in [7, 11) is 2.01. The number of benzene rings is 1. The van der Waals surface area contributed by atoms with Crippen LogP contribution in [0.5, 0.6) is 0 Å². The van der Waals surface area contributed by atoms with Crippen LogP contribution in [0.25, 0.3) is 0 Å². The van der Waals surface area contributed by atoms with Crippen LogP contribution in [0.1, 0.15) is 19.4 Å². The van der Waals surface area contributed by atoms with Crippen LogP contribution in [0.3, 0.4) is 0 Å². The van der Waals surface area contributed by atoms with E-state index in [4.69, 9.17) is 9.73 Å². The molecule has 1 aromatic rings. The molecule has 5 nitrogen and oxygen atoms in total. The molecule has 0 aliphatic carbocycles. The summed E-state index contributed by atoms with van der Waals surface area (Å²) in [5.41, 5.74) is 1.07. The van der Waals surface area contributed by atoms with Crippen LogP contribution in [-0.4, -0.2) is 68.7 Å². The number of guanidine groups is 1. The van der Waals surface area contributed by atoms with E-state index in [2.05, 4.69) is 29.0 Å². The van der Waals surface area contributed by atoms with Gasteiger partial charge in [-0.1, -0.05) is 19.1 Å². The smallest absolute Gasteiger partial charge is 0.193 e. The van der Waals surface area contributed by atoms with Gasteiger partial charge in [-0.05, 0) is 30.5 Å². The Kier molecular flexibility index (Phi) is 8.15. The number of nitrogens with zero attached hydrogens (tertiary/aromatic N) is 3. The van der Waals surface area contributed by atoms with Crippen molar-refractivity contribution in [2.45, 2.75) is 20.4 Å². The molecular weight excluding hydrogens is 319 g/mol. The number of ether oxygens (including phenoxy) is 1. The summed E-state index contributed by atoms with van der Waals surface area (Å²) < 4.78 is 18.4. The molecule has 6 heteroatoms. The minimum absolute atomic E-state index is 0.205. The monoisotopic (exact) mass is 350 g/mol. The molecular formula is C19H31FN4O. The van der Waals surface area contributed by atoms with Crippen molar-refractivity contribution < 1.29 is 9.13 Å². The molecule has 140 valence electrons. The van der Waals surface area contributed by atoms with Crippen molar-refractivity contribution in [1.82, 2.24) is 15.1 Å². The number of hydrogen-bond acceptors (Lipinski definition) is 3. The van der Waals surface area contributed by atoms with Gasteiger partial charge in [0.1, 0.15) is 5.82 Å². The highest BCUT2D eigenvalue weighted by Gasteiger charge is 2.14. The van der Waals surface area contributed by atoms with E-state index in [9.17, 15) is 4.39 Å². The zero-order chi connectivity index (χ0) is 18.1. The predicted octanol–water partition coefficient (Wildman–Crippen LogP) is 2.19. The van der Waals surface area contributed by atoms with E-state index in [0.29, 0.717) is 12.5 Å². The summed E-state index contributed by atoms with van der Waals surface area (Å²) in [4.78, 5) is 9.32. The number of morpholine rings is 1. The van der Waals surface area contributed by atoms with Crippen molar-refractivity contribution in [3.8, 4) is 0 Å². The third kappa shape index (κ3) is 7.00. The quantitative estimate of drug-likeness (QED) is 0.604. The number of nitrogens with one attached hydrogen (secondary N) is 1. The maximum atomic E-state index is 13.0. The molecule has 0 aromatic heterocycles. The van der Waals surface area contributed by atoms with E-state index < -0.39 is 0 Å². The molecule has 1 heterocycles. The molecule has 1 aliphatic heterocycles. The fraction of sp³-hybridized carbons (Fsp3) is 0.632. The van der Waals surface area contributed by atoms with Crippen LogP contribution in [0, 0.1) is 11.7 Å². The third-order valence-corrected chi connectivity index (χ3v) is 4.26. The Labute approximate surface area is 150 Å². The predicted molar refractivity (Wildman–Crippen MR) is 100 cm³/mol. The van der Waals surface area contributed by atoms with Gasteiger partial charge < -0.3 is 15.0 Å². The van der Waals surface area contributed by atoms with Crippen molar-refractivity contribution >= 4 is 5.96 Å². The Hall–Kier alpha value is -1.66. The first kappa shape index (κ1) is 19.7. The average Bonchev–Trinajstić information content (AvgIpc) is 2.61. The molecule has 1 N–H and O–H groups in total. The maximum Gasteiger partial charge on any atom is 0.193 e. The summed E-state index contributed by atoms with van der Waals surface area (Å²) >= 11 is 0. The van der Waals surface area contributed by atoms with E-state index >= 15 is 0 Å². The van der Waals surface area contributed by atoms with E-state index in [1.165, 1.54) is 12.1 Å². The molecule has 2 rings (SSSR count). The lowest BCUT2D eigenvalue weighted by Gasteiger charge is -2.29. The first-order valence-corrected chi connectivity index (χ1v) is 9.12. The van der Waals surface area contributed by atoms with Crippen LogP contribution in [0.2, 0.25) is 0 Å². The minimum atomic E-state index is -0.205. The van der Waals surface area contributed by atoms with Crippen molar-refractivity contribution in [1.29, 1.82) is 0 Å². The van der Waals surface area contributed by atoms with Crippen LogP contribution >= 0.6 is 0 Å². The normalized spacial score (nSPS) is 17.4. The number of aliphatic imine (C=N–C) groups is 1. The molecule has 0 saturated carbocycles. The largest absolute Gasteiger partial charge is 0.379 e. The van der Waals surface area contributed by atoms with Crippen LogP contribution < -0.4 is 5.32 Å². The zero-order valence-electron chi connectivity index (χ0n) is 15.7. The lowest BCUT2D eigenvalue weighted by atomic mass is 10.1. The summed E-state index contributed by atoms with van der Waals surface area (Å²) in [6.07, 6.45) is 0. The second kappa shape index (κ2) is 10.4. The highest BCUT2D eigenvalue weighted by molar-refractivity contribution is 5.79. The number of halogens is 1. The van der Waals surface area contributed by atoms with Gasteiger partial charge in [-0.15, -0.1) is 0 Å². The zero-order valence-corrected chi connectivity index (χ0v) is 15.7. The van der Waals surface area contributed by atoms with Gasteiger partial charge in [-0.25, -0.2) is 4.39 Å². The maximum absolute atomic E-state index is 13.0. The topological polar surface area (TPSA) is 40.1 Å². The van der Waals surface area contributed by atoms with Crippen LogP contribution in [-0.2, 0) is 11.3 Å². The lowest BCUT2D eigenvalue weighted by molar-refractivity contribution is 0.0323. The Morgan fingerprint density at radius 3 is 2.64 bits per heavy atom. The summed E-state index contributed by atoms with van der Waals surface area (Å²) in [6.45, 7) is 11.4. The Morgan fingerprint density at radius 1 is 1.32 bits per heavy atom. The third-order valence-electron chi connectivity index (χ3n) is 4.26. The fourth-order valence-electron chi connectivity index (χ4n) is 2.93. The van der Waals surface area contributed by atoms with Crippen molar-refractivity contribution in [2.24, 2.45) is 10.9 Å². The van der Waals surface area contributed by atoms with Gasteiger partial charge in [0, 0.05) is 46.3 Å². The summed E-state index contributed by atoms with van der Waals surface area (Å²) in [6, 6.07) is 6.63. The molecule has 1 fully saturated rings. The number of rotatable bonds is 7. The first-order valence-electron chi connectivity index (χ1n) is 9.12. The summed E-state index contributed by atoms with van der Waals surface area (Å²) in [5.74, 6) is 1.18. The van der Waals surface area contributed by atoms with E-state index in [1.807, 2.05) is 19.2 Å². The second-order valence-electron chi connectivity index (χ2n) is 6.70. The van der Waals surface area contributed by atoms with Crippen molar-refractivity contribution in [3.63, 3.8) is 0 Å². The number of hydrogen-bond donors (Lipinski definition) is 1. The second-order valence-corrected chi connectivity index (χ2v) is 6.70. The molecule has 1 unspecified atom stereocenters. The van der Waals surface area contributed by atoms with Gasteiger partial charge >= 0.3 is 0 Å². The van der Waals surface area contributed by atoms with Gasteiger partial charge in [0.25, 0.3) is 0 Å². The molecule has 1 atom stereocenters. The van der Waals surface area contributed by atoms with E-state index in [1.54, 1.807) is 0 Å². The molecule has 0 radical (unpaired) electrons. The van der Waals surface area contributed by atoms with Gasteiger partial charge in [0.15, 0.2) is 5.96 Å². The SMILES string of the molecule is CCNC(=NCC(C)CN1CCOCC1)N(C)Cc1ccc(F)cc1. The fourth-order valence-corrected chi connectivity index (χ4v) is 2.93. The van der Waals surface area contributed by atoms with Crippen LogP contribution in [0.15, 0.2) is 29.3 Å². The Morgan fingerprint density at radius 2 is 2.00 bits per heavy atom. The molecule has 1 aliphatic rings. The van der Waals surface area contributed by atoms with Crippen LogP contribution in [0.4, 0.5) is 4.39 Å². The standard InChI is InChI=1S/C19H31FN4O/c1-4-21-19(23(3)15-17-5-7-18(20)8-6-17)22-13-16(2)14-24-9-11-25-12-10-24/h5-8,16H,4,9-15H2,1-3H3,(H,21,22). The molecule has 1 saturated heterocycles. The van der Waals surface area contributed by atoms with E-state index in [0.717, 1.165) is 57.5 Å². The van der Waals surface area contributed by atoms with Gasteiger partial charge in [0.2, 0.25) is 0 Å². The van der Waals surface area contributed by atoms with Crippen molar-refractivity contribution in [2.75, 3.05) is 53.0 Å². The highest BCUT2D eigenvalue weighted by Crippen LogP contribution is 2.07. The first-order chi connectivity index (χ1) is 12.1. The minimum Gasteiger partial charge on any atom is -0.379 e. The molecule has 0 bridgehead atoms. The molecule has 0 spiro atoms.